The topological polar surface area (TPSA) is 52.4 Å². The van der Waals surface area contributed by atoms with Crippen LogP contribution in [0.15, 0.2) is 61.2 Å². The minimum atomic E-state index is -0.433. The Labute approximate surface area is 117 Å². The Morgan fingerprint density at radius 1 is 1.15 bits per heavy atom. The Balaban J connectivity index is 2.21. The number of allylic oxidation sites excluding steroid dienone is 1. The van der Waals surface area contributed by atoms with Gasteiger partial charge in [-0.2, -0.15) is 0 Å². The second kappa shape index (κ2) is 6.52. The van der Waals surface area contributed by atoms with Gasteiger partial charge in [-0.15, -0.1) is 6.58 Å². The van der Waals surface area contributed by atoms with Crippen LogP contribution in [0.3, 0.4) is 0 Å². The Kier molecular flexibility index (Phi) is 4.50. The van der Waals surface area contributed by atoms with Gasteiger partial charge in [-0.1, -0.05) is 42.5 Å². The molecule has 2 rings (SSSR count). The fourth-order valence-corrected chi connectivity index (χ4v) is 1.85. The second-order valence-corrected chi connectivity index (χ2v) is 4.33. The number of rotatable bonds is 6. The summed E-state index contributed by atoms with van der Waals surface area (Å²) in [6.45, 7) is 3.97. The van der Waals surface area contributed by atoms with Crippen molar-refractivity contribution in [2.45, 2.75) is 13.0 Å². The van der Waals surface area contributed by atoms with Gasteiger partial charge in [0.2, 0.25) is 0 Å². The Hall–Kier alpha value is -2.62. The van der Waals surface area contributed by atoms with Crippen molar-refractivity contribution in [2.75, 3.05) is 0 Å². The molecule has 0 radical (unpaired) electrons. The zero-order valence-electron chi connectivity index (χ0n) is 11.0. The van der Waals surface area contributed by atoms with Crippen molar-refractivity contribution in [3.63, 3.8) is 0 Å². The molecule has 0 atom stereocenters. The normalized spacial score (nSPS) is 10.0. The van der Waals surface area contributed by atoms with Crippen LogP contribution in [-0.4, -0.2) is 4.92 Å². The number of hydrogen-bond acceptors (Lipinski definition) is 3. The molecule has 0 aromatic heterocycles. The first-order valence-electron chi connectivity index (χ1n) is 6.25. The second-order valence-electron chi connectivity index (χ2n) is 4.33. The molecule has 4 nitrogen and oxygen atoms in total. The van der Waals surface area contributed by atoms with E-state index < -0.39 is 4.92 Å². The highest BCUT2D eigenvalue weighted by atomic mass is 16.6. The molecule has 0 N–H and O–H groups in total. The lowest BCUT2D eigenvalue weighted by molar-refractivity contribution is -0.386. The SMILES string of the molecule is C=CCc1ccc([N+](=O)[O-])c(OCc2ccccc2)c1. The molecule has 0 saturated carbocycles. The van der Waals surface area contributed by atoms with E-state index in [0.717, 1.165) is 11.1 Å². The predicted molar refractivity (Wildman–Crippen MR) is 77.8 cm³/mol. The maximum Gasteiger partial charge on any atom is 0.310 e. The third-order valence-corrected chi connectivity index (χ3v) is 2.84. The highest BCUT2D eigenvalue weighted by molar-refractivity contribution is 5.48. The van der Waals surface area contributed by atoms with Gasteiger partial charge in [0.05, 0.1) is 4.92 Å². The molecule has 0 aliphatic heterocycles. The summed E-state index contributed by atoms with van der Waals surface area (Å²) >= 11 is 0. The van der Waals surface area contributed by atoms with E-state index in [-0.39, 0.29) is 5.69 Å². The van der Waals surface area contributed by atoms with Crippen LogP contribution >= 0.6 is 0 Å². The van der Waals surface area contributed by atoms with Crippen molar-refractivity contribution in [1.29, 1.82) is 0 Å². The van der Waals surface area contributed by atoms with Crippen molar-refractivity contribution in [2.24, 2.45) is 0 Å². The summed E-state index contributed by atoms with van der Waals surface area (Å²) in [5.74, 6) is 0.290. The summed E-state index contributed by atoms with van der Waals surface area (Å²) < 4.78 is 5.60. The highest BCUT2D eigenvalue weighted by Gasteiger charge is 2.15. The predicted octanol–water partition coefficient (Wildman–Crippen LogP) is 3.90. The van der Waals surface area contributed by atoms with Crippen LogP contribution in [0, 0.1) is 10.1 Å². The minimum Gasteiger partial charge on any atom is -0.482 e. The fraction of sp³-hybridized carbons (Fsp3) is 0.125. The molecule has 0 aliphatic carbocycles. The summed E-state index contributed by atoms with van der Waals surface area (Å²) in [6, 6.07) is 14.4. The van der Waals surface area contributed by atoms with Gasteiger partial charge in [0.15, 0.2) is 5.75 Å². The molecule has 20 heavy (non-hydrogen) atoms. The molecular formula is C16H15NO3. The highest BCUT2D eigenvalue weighted by Crippen LogP contribution is 2.29. The van der Waals surface area contributed by atoms with E-state index in [2.05, 4.69) is 6.58 Å². The number of hydrogen-bond donors (Lipinski definition) is 0. The van der Waals surface area contributed by atoms with Gasteiger partial charge in [0, 0.05) is 6.07 Å². The minimum absolute atomic E-state index is 0.0197. The molecule has 0 amide bonds. The van der Waals surface area contributed by atoms with Gasteiger partial charge in [0.1, 0.15) is 6.61 Å². The van der Waals surface area contributed by atoms with E-state index >= 15 is 0 Å². The first-order chi connectivity index (χ1) is 9.70. The Bertz CT molecular complexity index is 608. The van der Waals surface area contributed by atoms with Gasteiger partial charge >= 0.3 is 5.69 Å². The standard InChI is InChI=1S/C16H15NO3/c1-2-6-13-9-10-15(17(18)19)16(11-13)20-12-14-7-4-3-5-8-14/h2-5,7-11H,1,6,12H2. The molecular weight excluding hydrogens is 254 g/mol. The lowest BCUT2D eigenvalue weighted by Gasteiger charge is -2.08. The zero-order valence-corrected chi connectivity index (χ0v) is 11.0. The quantitative estimate of drug-likeness (QED) is 0.454. The number of benzene rings is 2. The van der Waals surface area contributed by atoms with Crippen LogP contribution < -0.4 is 4.74 Å². The number of nitrogens with zero attached hydrogens (tertiary/aromatic N) is 1. The summed E-state index contributed by atoms with van der Waals surface area (Å²) in [7, 11) is 0. The van der Waals surface area contributed by atoms with Crippen molar-refractivity contribution in [3.05, 3.63) is 82.4 Å². The van der Waals surface area contributed by atoms with Crippen LogP contribution in [0.4, 0.5) is 5.69 Å². The number of nitro benzene ring substituents is 1. The van der Waals surface area contributed by atoms with Crippen LogP contribution in [0.2, 0.25) is 0 Å². The van der Waals surface area contributed by atoms with Crippen LogP contribution in [0.25, 0.3) is 0 Å². The molecule has 102 valence electrons. The van der Waals surface area contributed by atoms with E-state index in [1.807, 2.05) is 30.3 Å². The summed E-state index contributed by atoms with van der Waals surface area (Å²) in [6.07, 6.45) is 2.40. The molecule has 0 spiro atoms. The lowest BCUT2D eigenvalue weighted by atomic mass is 10.1. The summed E-state index contributed by atoms with van der Waals surface area (Å²) in [4.78, 5) is 10.6. The Morgan fingerprint density at radius 2 is 1.90 bits per heavy atom. The van der Waals surface area contributed by atoms with E-state index in [1.165, 1.54) is 6.07 Å². The van der Waals surface area contributed by atoms with Crippen molar-refractivity contribution in [1.82, 2.24) is 0 Å². The van der Waals surface area contributed by atoms with E-state index in [0.29, 0.717) is 18.8 Å². The third-order valence-electron chi connectivity index (χ3n) is 2.84. The van der Waals surface area contributed by atoms with E-state index in [1.54, 1.807) is 18.2 Å². The van der Waals surface area contributed by atoms with Gasteiger partial charge in [-0.05, 0) is 23.6 Å². The van der Waals surface area contributed by atoms with Gasteiger partial charge < -0.3 is 4.74 Å². The maximum absolute atomic E-state index is 11.0. The summed E-state index contributed by atoms with van der Waals surface area (Å²) in [5, 5.41) is 11.0. The average molecular weight is 269 g/mol. The van der Waals surface area contributed by atoms with Crippen LogP contribution in [0.1, 0.15) is 11.1 Å². The maximum atomic E-state index is 11.0. The van der Waals surface area contributed by atoms with E-state index in [9.17, 15) is 10.1 Å². The van der Waals surface area contributed by atoms with Crippen molar-refractivity contribution >= 4 is 5.69 Å². The fourth-order valence-electron chi connectivity index (χ4n) is 1.85. The molecule has 0 heterocycles. The number of nitro groups is 1. The van der Waals surface area contributed by atoms with Crippen molar-refractivity contribution in [3.8, 4) is 5.75 Å². The molecule has 2 aromatic rings. The van der Waals surface area contributed by atoms with Crippen LogP contribution in [0.5, 0.6) is 5.75 Å². The average Bonchev–Trinajstić information content (AvgIpc) is 2.46. The first kappa shape index (κ1) is 13.8. The molecule has 0 saturated heterocycles. The third kappa shape index (κ3) is 3.45. The molecule has 4 heteroatoms. The molecule has 0 aliphatic rings. The molecule has 0 bridgehead atoms. The van der Waals surface area contributed by atoms with E-state index in [4.69, 9.17) is 4.74 Å². The largest absolute Gasteiger partial charge is 0.482 e. The lowest BCUT2D eigenvalue weighted by Crippen LogP contribution is -2.00. The molecule has 2 aromatic carbocycles. The first-order valence-corrected chi connectivity index (χ1v) is 6.25. The van der Waals surface area contributed by atoms with Gasteiger partial charge in [-0.25, -0.2) is 0 Å². The Morgan fingerprint density at radius 3 is 2.55 bits per heavy atom. The molecule has 0 unspecified atom stereocenters. The monoisotopic (exact) mass is 269 g/mol. The number of ether oxygens (including phenoxy) is 1. The van der Waals surface area contributed by atoms with Gasteiger partial charge in [0.25, 0.3) is 0 Å². The zero-order chi connectivity index (χ0) is 14.4. The summed E-state index contributed by atoms with van der Waals surface area (Å²) in [5.41, 5.74) is 1.89. The molecule has 0 fully saturated rings. The smallest absolute Gasteiger partial charge is 0.310 e. The van der Waals surface area contributed by atoms with Crippen molar-refractivity contribution < 1.29 is 9.66 Å². The van der Waals surface area contributed by atoms with Gasteiger partial charge in [-0.3, -0.25) is 10.1 Å². The van der Waals surface area contributed by atoms with Crippen LogP contribution in [-0.2, 0) is 13.0 Å².